The van der Waals surface area contributed by atoms with Gasteiger partial charge in [0.25, 0.3) is 0 Å². The van der Waals surface area contributed by atoms with E-state index in [1.54, 1.807) is 17.1 Å². The summed E-state index contributed by atoms with van der Waals surface area (Å²) in [5.41, 5.74) is 2.13. The molecule has 2 aliphatic rings. The molecule has 9 nitrogen and oxygen atoms in total. The molecule has 0 spiro atoms. The van der Waals surface area contributed by atoms with Gasteiger partial charge in [0.2, 0.25) is 10.0 Å². The monoisotopic (exact) mass is 512 g/mol. The fourth-order valence-electron chi connectivity index (χ4n) is 4.56. The fourth-order valence-corrected chi connectivity index (χ4v) is 7.31. The number of fused-ring (bicyclic) bond motifs is 1. The first-order valence-corrected chi connectivity index (χ1v) is 17.3. The molecule has 3 aromatic heterocycles. The molecule has 2 fully saturated rings. The molecule has 0 aromatic carbocycles. The molecule has 0 N–H and O–H groups in total. The molecule has 1 saturated heterocycles. The number of pyridine rings is 1. The van der Waals surface area contributed by atoms with E-state index in [0.717, 1.165) is 47.7 Å². The maximum atomic E-state index is 12.6. The molecule has 35 heavy (non-hydrogen) atoms. The summed E-state index contributed by atoms with van der Waals surface area (Å²) in [5, 5.41) is 14.8. The lowest BCUT2D eigenvalue weighted by molar-refractivity contribution is 0.0716. The van der Waals surface area contributed by atoms with Crippen molar-refractivity contribution >= 4 is 29.1 Å². The molecule has 1 aliphatic heterocycles. The minimum atomic E-state index is -3.25. The van der Waals surface area contributed by atoms with Crippen LogP contribution in [0, 0.1) is 11.3 Å². The number of nitrogens with zero attached hydrogens (tertiary/aromatic N) is 6. The van der Waals surface area contributed by atoms with E-state index < -0.39 is 23.6 Å². The third-order valence-corrected chi connectivity index (χ3v) is 10.9. The Balaban J connectivity index is 1.35. The minimum absolute atomic E-state index is 0.210. The minimum Gasteiger partial charge on any atom is -0.361 e. The van der Waals surface area contributed by atoms with E-state index in [9.17, 15) is 13.7 Å². The van der Waals surface area contributed by atoms with Crippen molar-refractivity contribution in [3.8, 4) is 17.2 Å². The summed E-state index contributed by atoms with van der Waals surface area (Å²) in [6, 6.07) is 7.35. The Kier molecular flexibility index (Phi) is 6.12. The molecule has 5 rings (SSSR count). The fraction of sp³-hybridized carbons (Fsp3) is 0.542. The van der Waals surface area contributed by atoms with E-state index in [4.69, 9.17) is 4.74 Å². The summed E-state index contributed by atoms with van der Waals surface area (Å²) in [7, 11) is -4.39. The Morgan fingerprint density at radius 2 is 2.03 bits per heavy atom. The van der Waals surface area contributed by atoms with Crippen molar-refractivity contribution in [2.45, 2.75) is 62.5 Å². The Morgan fingerprint density at radius 3 is 2.71 bits per heavy atom. The second-order valence-corrected chi connectivity index (χ2v) is 18.8. The zero-order valence-electron chi connectivity index (χ0n) is 20.5. The van der Waals surface area contributed by atoms with Gasteiger partial charge in [0, 0.05) is 57.3 Å². The predicted molar refractivity (Wildman–Crippen MR) is 137 cm³/mol. The highest BCUT2D eigenvalue weighted by atomic mass is 32.2. The molecule has 0 atom stereocenters. The lowest BCUT2D eigenvalue weighted by atomic mass is 9.89. The Hall–Kier alpha value is -2.52. The average Bonchev–Trinajstić information content (AvgIpc) is 3.40. The van der Waals surface area contributed by atoms with Crippen molar-refractivity contribution in [1.82, 2.24) is 23.6 Å². The number of hydrogen-bond acceptors (Lipinski definition) is 6. The van der Waals surface area contributed by atoms with Crippen molar-refractivity contribution < 1.29 is 13.2 Å². The van der Waals surface area contributed by atoms with Crippen LogP contribution in [0.25, 0.3) is 22.2 Å². The number of hydrogen-bond donors (Lipinski definition) is 0. The molecule has 186 valence electrons. The van der Waals surface area contributed by atoms with E-state index in [0.29, 0.717) is 6.73 Å². The lowest BCUT2D eigenvalue weighted by Gasteiger charge is -2.48. The SMILES string of the molecule is C[Si](C)(C)CCOCn1ccc2c(-c3cnn(C4(CC#N)CN(S(=O)(=O)C5CC5)C4)c3)ccnc21. The molecule has 0 bridgehead atoms. The topological polar surface area (TPSA) is 106 Å². The van der Waals surface area contributed by atoms with Crippen molar-refractivity contribution in [2.75, 3.05) is 19.7 Å². The highest BCUT2D eigenvalue weighted by Crippen LogP contribution is 2.40. The van der Waals surface area contributed by atoms with Crippen LogP contribution in [0.15, 0.2) is 36.9 Å². The van der Waals surface area contributed by atoms with Crippen molar-refractivity contribution in [2.24, 2.45) is 0 Å². The van der Waals surface area contributed by atoms with Gasteiger partial charge in [0.1, 0.15) is 17.9 Å². The Labute approximate surface area is 207 Å². The van der Waals surface area contributed by atoms with E-state index in [-0.39, 0.29) is 24.8 Å². The number of ether oxygens (including phenoxy) is 1. The van der Waals surface area contributed by atoms with Gasteiger partial charge in [-0.05, 0) is 36.6 Å². The quantitative estimate of drug-likeness (QED) is 0.303. The largest absolute Gasteiger partial charge is 0.361 e. The molecule has 1 aliphatic carbocycles. The first-order chi connectivity index (χ1) is 16.6. The standard InChI is InChI=1S/C24H32N6O3SSi/c1-35(2,3)13-12-33-18-28-11-7-22-21(6-10-26-23(22)28)19-14-27-30(15-19)24(8-9-25)16-29(17-24)34(31,32)20-4-5-20/h6-7,10-11,14-15,20H,4-5,8,12-13,16-18H2,1-3H3. The van der Waals surface area contributed by atoms with Crippen LogP contribution >= 0.6 is 0 Å². The molecule has 11 heteroatoms. The maximum absolute atomic E-state index is 12.6. The lowest BCUT2D eigenvalue weighted by Crippen LogP contribution is -2.64. The molecule has 4 heterocycles. The molecule has 1 saturated carbocycles. The van der Waals surface area contributed by atoms with E-state index in [1.165, 1.54) is 4.31 Å². The maximum Gasteiger partial charge on any atom is 0.217 e. The summed E-state index contributed by atoms with van der Waals surface area (Å²) in [6.45, 7) is 8.79. The van der Waals surface area contributed by atoms with Crippen molar-refractivity contribution in [3.05, 3.63) is 36.9 Å². The second kappa shape index (κ2) is 8.85. The van der Waals surface area contributed by atoms with Gasteiger partial charge in [-0.1, -0.05) is 19.6 Å². The highest BCUT2D eigenvalue weighted by molar-refractivity contribution is 7.90. The molecule has 0 unspecified atom stereocenters. The van der Waals surface area contributed by atoms with Crippen LogP contribution in [0.4, 0.5) is 0 Å². The van der Waals surface area contributed by atoms with Gasteiger partial charge in [-0.25, -0.2) is 13.4 Å². The van der Waals surface area contributed by atoms with Crippen LogP contribution < -0.4 is 0 Å². The summed E-state index contributed by atoms with van der Waals surface area (Å²) in [5.74, 6) is 0. The highest BCUT2D eigenvalue weighted by Gasteiger charge is 2.53. The Bertz CT molecular complexity index is 1370. The average molecular weight is 513 g/mol. The van der Waals surface area contributed by atoms with Crippen molar-refractivity contribution in [1.29, 1.82) is 5.26 Å². The number of aromatic nitrogens is 4. The number of sulfonamides is 1. The van der Waals surface area contributed by atoms with Gasteiger partial charge in [-0.15, -0.1) is 0 Å². The smallest absolute Gasteiger partial charge is 0.217 e. The first kappa shape index (κ1) is 24.2. The number of nitriles is 1. The van der Waals surface area contributed by atoms with Crippen LogP contribution in [0.3, 0.4) is 0 Å². The Morgan fingerprint density at radius 1 is 1.26 bits per heavy atom. The third kappa shape index (κ3) is 4.68. The van der Waals surface area contributed by atoms with Crippen LogP contribution in [0.5, 0.6) is 0 Å². The van der Waals surface area contributed by atoms with E-state index in [2.05, 4.69) is 35.8 Å². The summed E-state index contributed by atoms with van der Waals surface area (Å²) in [6.07, 6.45) is 9.16. The van der Waals surface area contributed by atoms with Crippen LogP contribution in [-0.2, 0) is 27.0 Å². The molecular formula is C24H32N6O3SSi. The second-order valence-electron chi connectivity index (χ2n) is 11.0. The van der Waals surface area contributed by atoms with E-state index >= 15 is 0 Å². The van der Waals surface area contributed by atoms with Crippen LogP contribution in [0.1, 0.15) is 19.3 Å². The third-order valence-electron chi connectivity index (χ3n) is 6.92. The van der Waals surface area contributed by atoms with Gasteiger partial charge in [0.05, 0.1) is 23.9 Å². The summed E-state index contributed by atoms with van der Waals surface area (Å²) < 4.78 is 36.5. The molecule has 0 amide bonds. The van der Waals surface area contributed by atoms with Gasteiger partial charge in [-0.2, -0.15) is 14.7 Å². The van der Waals surface area contributed by atoms with Crippen LogP contribution in [0.2, 0.25) is 25.7 Å². The van der Waals surface area contributed by atoms with E-state index in [1.807, 2.05) is 29.1 Å². The van der Waals surface area contributed by atoms with Gasteiger partial charge in [-0.3, -0.25) is 4.68 Å². The number of rotatable bonds is 10. The van der Waals surface area contributed by atoms with Crippen molar-refractivity contribution in [3.63, 3.8) is 0 Å². The first-order valence-electron chi connectivity index (χ1n) is 12.1. The normalized spacial score (nSPS) is 18.5. The zero-order valence-corrected chi connectivity index (χ0v) is 22.3. The zero-order chi connectivity index (χ0) is 24.8. The van der Waals surface area contributed by atoms with Gasteiger partial charge in [0.15, 0.2) is 0 Å². The molecule has 0 radical (unpaired) electrons. The molecule has 3 aromatic rings. The van der Waals surface area contributed by atoms with Crippen LogP contribution in [-0.4, -0.2) is 65.1 Å². The summed E-state index contributed by atoms with van der Waals surface area (Å²) in [4.78, 5) is 4.57. The predicted octanol–water partition coefficient (Wildman–Crippen LogP) is 3.63. The van der Waals surface area contributed by atoms with Gasteiger partial charge >= 0.3 is 0 Å². The molecular weight excluding hydrogens is 480 g/mol. The summed E-state index contributed by atoms with van der Waals surface area (Å²) >= 11 is 0. The van der Waals surface area contributed by atoms with Gasteiger partial charge < -0.3 is 9.30 Å².